The summed E-state index contributed by atoms with van der Waals surface area (Å²) in [6.45, 7) is 8.53. The van der Waals surface area contributed by atoms with Gasteiger partial charge in [0, 0.05) is 6.61 Å². The Morgan fingerprint density at radius 1 is 1.35 bits per heavy atom. The lowest BCUT2D eigenvalue weighted by molar-refractivity contribution is -0.147. The lowest BCUT2D eigenvalue weighted by atomic mass is 9.77. The largest absolute Gasteiger partial charge is 0.481 e. The van der Waals surface area contributed by atoms with Crippen LogP contribution in [0.25, 0.3) is 0 Å². The fraction of sp³-hybridized carbons (Fsp3) is 0.923. The van der Waals surface area contributed by atoms with Crippen molar-refractivity contribution in [3.05, 3.63) is 0 Å². The highest BCUT2D eigenvalue weighted by atomic mass is 16.5. The molecule has 0 saturated heterocycles. The molecular formula is C13H26O4. The normalized spacial score (nSPS) is 15.6. The van der Waals surface area contributed by atoms with Gasteiger partial charge in [-0.05, 0) is 18.3 Å². The van der Waals surface area contributed by atoms with Crippen molar-refractivity contribution in [2.24, 2.45) is 11.3 Å². The molecule has 0 fully saturated rings. The second-order valence-electron chi connectivity index (χ2n) is 5.57. The van der Waals surface area contributed by atoms with Gasteiger partial charge >= 0.3 is 5.97 Å². The number of hydrogen-bond acceptors (Lipinski definition) is 3. The summed E-state index contributed by atoms with van der Waals surface area (Å²) in [4.78, 5) is 11.1. The molecule has 2 unspecified atom stereocenters. The van der Waals surface area contributed by atoms with Crippen LogP contribution in [0.3, 0.4) is 0 Å². The summed E-state index contributed by atoms with van der Waals surface area (Å²) in [6, 6.07) is 0. The number of carboxylic acid groups (broad SMARTS) is 1. The Hall–Kier alpha value is -0.610. The first-order chi connectivity index (χ1) is 7.79. The number of unbranched alkanes of at least 4 members (excludes halogenated alkanes) is 1. The van der Waals surface area contributed by atoms with Gasteiger partial charge in [-0.3, -0.25) is 4.79 Å². The van der Waals surface area contributed by atoms with Crippen LogP contribution in [0.15, 0.2) is 0 Å². The summed E-state index contributed by atoms with van der Waals surface area (Å²) in [5.41, 5.74) is -0.351. The lowest BCUT2D eigenvalue weighted by Gasteiger charge is -2.28. The van der Waals surface area contributed by atoms with Gasteiger partial charge in [0.1, 0.15) is 0 Å². The zero-order valence-corrected chi connectivity index (χ0v) is 11.4. The monoisotopic (exact) mass is 246 g/mol. The van der Waals surface area contributed by atoms with E-state index in [2.05, 4.69) is 6.92 Å². The van der Waals surface area contributed by atoms with E-state index < -0.39 is 18.0 Å². The molecule has 17 heavy (non-hydrogen) atoms. The molecule has 4 heteroatoms. The Labute approximate surface area is 104 Å². The van der Waals surface area contributed by atoms with Crippen LogP contribution in [0.4, 0.5) is 0 Å². The third-order valence-electron chi connectivity index (χ3n) is 2.80. The molecule has 0 aromatic carbocycles. The van der Waals surface area contributed by atoms with Crippen molar-refractivity contribution in [1.29, 1.82) is 0 Å². The number of ether oxygens (including phenoxy) is 1. The van der Waals surface area contributed by atoms with E-state index in [0.29, 0.717) is 6.61 Å². The highest BCUT2D eigenvalue weighted by molar-refractivity contribution is 5.70. The summed E-state index contributed by atoms with van der Waals surface area (Å²) < 4.78 is 5.29. The predicted octanol–water partition coefficient (Wildman–Crippen LogP) is 2.30. The summed E-state index contributed by atoms with van der Waals surface area (Å²) in [6.07, 6.45) is 1.56. The number of aliphatic hydroxyl groups is 1. The van der Waals surface area contributed by atoms with Crippen LogP contribution in [-0.2, 0) is 9.53 Å². The molecule has 102 valence electrons. The van der Waals surface area contributed by atoms with E-state index in [9.17, 15) is 9.90 Å². The number of carboxylic acids is 1. The molecule has 0 aliphatic rings. The lowest BCUT2D eigenvalue weighted by Crippen LogP contribution is -2.33. The van der Waals surface area contributed by atoms with Crippen LogP contribution in [0.2, 0.25) is 0 Å². The molecule has 4 nitrogen and oxygen atoms in total. The average molecular weight is 246 g/mol. The van der Waals surface area contributed by atoms with Gasteiger partial charge in [0.25, 0.3) is 0 Å². The molecule has 2 N–H and O–H groups in total. The first kappa shape index (κ1) is 16.4. The molecule has 0 amide bonds. The van der Waals surface area contributed by atoms with E-state index in [4.69, 9.17) is 9.84 Å². The van der Waals surface area contributed by atoms with Gasteiger partial charge in [-0.25, -0.2) is 0 Å². The number of hydrogen-bond donors (Lipinski definition) is 2. The molecule has 0 bridgehead atoms. The highest BCUT2D eigenvalue weighted by Crippen LogP contribution is 2.30. The molecule has 2 atom stereocenters. The fourth-order valence-corrected chi connectivity index (χ4v) is 1.63. The molecular weight excluding hydrogens is 220 g/mol. The number of carbonyl (C=O) groups is 1. The van der Waals surface area contributed by atoms with Crippen molar-refractivity contribution in [3.63, 3.8) is 0 Å². The molecule has 0 aliphatic heterocycles. The Morgan fingerprint density at radius 3 is 2.35 bits per heavy atom. The average Bonchev–Trinajstić information content (AvgIpc) is 2.19. The second kappa shape index (κ2) is 7.67. The molecule has 0 aromatic rings. The van der Waals surface area contributed by atoms with Crippen LogP contribution < -0.4 is 0 Å². The predicted molar refractivity (Wildman–Crippen MR) is 66.9 cm³/mol. The van der Waals surface area contributed by atoms with E-state index >= 15 is 0 Å². The van der Waals surface area contributed by atoms with Crippen LogP contribution in [0, 0.1) is 11.3 Å². The number of rotatable bonds is 8. The highest BCUT2D eigenvalue weighted by Gasteiger charge is 2.32. The minimum atomic E-state index is -0.856. The molecule has 0 spiro atoms. The van der Waals surface area contributed by atoms with E-state index in [1.54, 1.807) is 0 Å². The zero-order chi connectivity index (χ0) is 13.5. The van der Waals surface area contributed by atoms with E-state index in [0.717, 1.165) is 12.8 Å². The van der Waals surface area contributed by atoms with Crippen LogP contribution >= 0.6 is 0 Å². The summed E-state index contributed by atoms with van der Waals surface area (Å²) in [5, 5.41) is 18.9. The number of aliphatic carboxylic acids is 1. The Morgan fingerprint density at radius 2 is 1.94 bits per heavy atom. The first-order valence-electron chi connectivity index (χ1n) is 6.27. The Balaban J connectivity index is 4.05. The van der Waals surface area contributed by atoms with Gasteiger partial charge in [0.2, 0.25) is 0 Å². The maximum atomic E-state index is 11.1. The summed E-state index contributed by atoms with van der Waals surface area (Å²) >= 11 is 0. The maximum Gasteiger partial charge on any atom is 0.307 e. The third-order valence-corrected chi connectivity index (χ3v) is 2.80. The smallest absolute Gasteiger partial charge is 0.307 e. The van der Waals surface area contributed by atoms with Crippen molar-refractivity contribution in [2.75, 3.05) is 13.2 Å². The molecule has 0 saturated carbocycles. The van der Waals surface area contributed by atoms with E-state index in [1.807, 2.05) is 20.8 Å². The van der Waals surface area contributed by atoms with Gasteiger partial charge in [0.05, 0.1) is 18.6 Å². The van der Waals surface area contributed by atoms with Crippen LogP contribution in [-0.4, -0.2) is 35.5 Å². The fourth-order valence-electron chi connectivity index (χ4n) is 1.63. The summed E-state index contributed by atoms with van der Waals surface area (Å²) in [7, 11) is 0. The zero-order valence-electron chi connectivity index (χ0n) is 11.4. The van der Waals surface area contributed by atoms with E-state index in [-0.39, 0.29) is 18.4 Å². The minimum Gasteiger partial charge on any atom is -0.481 e. The topological polar surface area (TPSA) is 66.8 Å². The van der Waals surface area contributed by atoms with Gasteiger partial charge < -0.3 is 14.9 Å². The molecule has 0 aromatic heterocycles. The summed E-state index contributed by atoms with van der Waals surface area (Å²) in [5.74, 6) is -1.41. The van der Waals surface area contributed by atoms with E-state index in [1.165, 1.54) is 0 Å². The SMILES string of the molecule is CCCCOCC(O)CC(C(=O)O)C(C)(C)C. The quantitative estimate of drug-likeness (QED) is 0.645. The standard InChI is InChI=1S/C13H26O4/c1-5-6-7-17-9-10(14)8-11(12(15)16)13(2,3)4/h10-11,14H,5-9H2,1-4H3,(H,15,16). The molecule has 0 radical (unpaired) electrons. The minimum absolute atomic E-state index is 0.222. The van der Waals surface area contributed by atoms with Crippen molar-refractivity contribution >= 4 is 5.97 Å². The van der Waals surface area contributed by atoms with Crippen molar-refractivity contribution in [2.45, 2.75) is 53.1 Å². The molecule has 0 aliphatic carbocycles. The molecule has 0 rings (SSSR count). The number of aliphatic hydroxyl groups excluding tert-OH is 1. The Bertz CT molecular complexity index is 220. The maximum absolute atomic E-state index is 11.1. The van der Waals surface area contributed by atoms with Gasteiger partial charge in [0.15, 0.2) is 0 Å². The van der Waals surface area contributed by atoms with Gasteiger partial charge in [-0.2, -0.15) is 0 Å². The molecule has 0 heterocycles. The Kier molecular flexibility index (Phi) is 7.39. The van der Waals surface area contributed by atoms with Crippen LogP contribution in [0.1, 0.15) is 47.0 Å². The van der Waals surface area contributed by atoms with Gasteiger partial charge in [-0.15, -0.1) is 0 Å². The van der Waals surface area contributed by atoms with Gasteiger partial charge in [-0.1, -0.05) is 34.1 Å². The second-order valence-corrected chi connectivity index (χ2v) is 5.57. The van der Waals surface area contributed by atoms with Crippen molar-refractivity contribution in [1.82, 2.24) is 0 Å². The van der Waals surface area contributed by atoms with Crippen LogP contribution in [0.5, 0.6) is 0 Å². The van der Waals surface area contributed by atoms with Crippen molar-refractivity contribution in [3.8, 4) is 0 Å². The third kappa shape index (κ3) is 7.34. The van der Waals surface area contributed by atoms with Crippen molar-refractivity contribution < 1.29 is 19.7 Å². The first-order valence-corrected chi connectivity index (χ1v) is 6.27.